The zero-order chi connectivity index (χ0) is 16.2. The Morgan fingerprint density at radius 3 is 2.87 bits per heavy atom. The van der Waals surface area contributed by atoms with Crippen molar-refractivity contribution in [1.82, 2.24) is 14.5 Å². The van der Waals surface area contributed by atoms with Crippen LogP contribution in [0.15, 0.2) is 42.9 Å². The van der Waals surface area contributed by atoms with Gasteiger partial charge in [-0.1, -0.05) is 30.3 Å². The van der Waals surface area contributed by atoms with Crippen molar-refractivity contribution in [3.8, 4) is 0 Å². The number of imidazole rings is 1. The highest BCUT2D eigenvalue weighted by Gasteiger charge is 2.24. The molecule has 122 valence electrons. The lowest BCUT2D eigenvalue weighted by Gasteiger charge is -2.29. The molecule has 2 unspecified atom stereocenters. The van der Waals surface area contributed by atoms with Crippen LogP contribution in [0.4, 0.5) is 0 Å². The normalized spacial score (nSPS) is 20.2. The summed E-state index contributed by atoms with van der Waals surface area (Å²) in [5.41, 5.74) is 1.64. The number of carbonyl (C=O) groups is 1. The van der Waals surface area contributed by atoms with Crippen LogP contribution in [-0.4, -0.2) is 46.7 Å². The van der Waals surface area contributed by atoms with Gasteiger partial charge in [-0.2, -0.15) is 0 Å². The summed E-state index contributed by atoms with van der Waals surface area (Å²) in [6, 6.07) is 10.1. The molecular formula is C18H23N3O2. The van der Waals surface area contributed by atoms with Crippen LogP contribution in [0.2, 0.25) is 0 Å². The summed E-state index contributed by atoms with van der Waals surface area (Å²) in [5.74, 6) is -0.286. The molecule has 5 heteroatoms. The lowest BCUT2D eigenvalue weighted by atomic mass is 10.1. The first kappa shape index (κ1) is 15.7. The molecule has 0 aliphatic carbocycles. The number of likely N-dealkylation sites (tertiary alicyclic amines) is 1. The van der Waals surface area contributed by atoms with Crippen molar-refractivity contribution < 1.29 is 9.53 Å². The molecule has 1 aliphatic heterocycles. The number of ether oxygens (including phenoxy) is 1. The van der Waals surface area contributed by atoms with Crippen LogP contribution in [0.25, 0.3) is 0 Å². The van der Waals surface area contributed by atoms with Gasteiger partial charge in [0.1, 0.15) is 11.8 Å². The molecule has 2 aromatic rings. The van der Waals surface area contributed by atoms with Gasteiger partial charge in [0, 0.05) is 6.54 Å². The zero-order valence-electron chi connectivity index (χ0n) is 13.7. The number of carbonyl (C=O) groups excluding carboxylic acids is 1. The second-order valence-corrected chi connectivity index (χ2v) is 6.20. The third kappa shape index (κ3) is 3.62. The van der Waals surface area contributed by atoms with Crippen molar-refractivity contribution >= 4 is 5.97 Å². The monoisotopic (exact) mass is 313 g/mol. The van der Waals surface area contributed by atoms with E-state index in [1.165, 1.54) is 0 Å². The van der Waals surface area contributed by atoms with E-state index in [2.05, 4.69) is 36.0 Å². The van der Waals surface area contributed by atoms with Crippen molar-refractivity contribution in [3.63, 3.8) is 0 Å². The Morgan fingerprint density at radius 1 is 1.35 bits per heavy atom. The lowest BCUT2D eigenvalue weighted by Crippen LogP contribution is -2.38. The number of hydrogen-bond acceptors (Lipinski definition) is 4. The molecule has 5 nitrogen and oxygen atoms in total. The predicted octanol–water partition coefficient (Wildman–Crippen LogP) is 2.74. The summed E-state index contributed by atoms with van der Waals surface area (Å²) in [7, 11) is 2.06. The van der Waals surface area contributed by atoms with Gasteiger partial charge in [-0.25, -0.2) is 9.78 Å². The summed E-state index contributed by atoms with van der Waals surface area (Å²) >= 11 is 0. The third-order valence-corrected chi connectivity index (χ3v) is 4.43. The fourth-order valence-electron chi connectivity index (χ4n) is 3.09. The van der Waals surface area contributed by atoms with Gasteiger partial charge in [-0.3, -0.25) is 0 Å². The minimum absolute atomic E-state index is 0.0309. The SMILES string of the molecule is CC(c1ccccc1)n1cncc1C(=O)OC1CCCN(C)C1. The van der Waals surface area contributed by atoms with E-state index in [0.29, 0.717) is 5.69 Å². The Kier molecular flexibility index (Phi) is 4.76. The fraction of sp³-hybridized carbons (Fsp3) is 0.444. The van der Waals surface area contributed by atoms with Gasteiger partial charge in [-0.15, -0.1) is 0 Å². The van der Waals surface area contributed by atoms with Gasteiger partial charge in [-0.05, 0) is 38.9 Å². The summed E-state index contributed by atoms with van der Waals surface area (Å²) in [5, 5.41) is 0. The number of esters is 1. The van der Waals surface area contributed by atoms with Crippen LogP contribution in [0.1, 0.15) is 41.9 Å². The second kappa shape index (κ2) is 6.96. The number of aromatic nitrogens is 2. The van der Waals surface area contributed by atoms with E-state index >= 15 is 0 Å². The van der Waals surface area contributed by atoms with Crippen LogP contribution in [-0.2, 0) is 4.74 Å². The second-order valence-electron chi connectivity index (χ2n) is 6.20. The Labute approximate surface area is 136 Å². The van der Waals surface area contributed by atoms with E-state index in [1.54, 1.807) is 12.5 Å². The van der Waals surface area contributed by atoms with Gasteiger partial charge in [0.05, 0.1) is 18.6 Å². The third-order valence-electron chi connectivity index (χ3n) is 4.43. The molecular weight excluding hydrogens is 290 g/mol. The van der Waals surface area contributed by atoms with E-state index < -0.39 is 0 Å². The molecule has 0 amide bonds. The van der Waals surface area contributed by atoms with Crippen LogP contribution in [0.3, 0.4) is 0 Å². The van der Waals surface area contributed by atoms with Crippen molar-refractivity contribution in [2.75, 3.05) is 20.1 Å². The Morgan fingerprint density at radius 2 is 2.13 bits per heavy atom. The highest BCUT2D eigenvalue weighted by atomic mass is 16.5. The quantitative estimate of drug-likeness (QED) is 0.814. The molecule has 1 aromatic heterocycles. The van der Waals surface area contributed by atoms with Crippen LogP contribution >= 0.6 is 0 Å². The number of rotatable bonds is 4. The first-order valence-electron chi connectivity index (χ1n) is 8.11. The predicted molar refractivity (Wildman–Crippen MR) is 88.4 cm³/mol. The van der Waals surface area contributed by atoms with Crippen LogP contribution < -0.4 is 0 Å². The Bertz CT molecular complexity index is 653. The molecule has 2 atom stereocenters. The van der Waals surface area contributed by atoms with Crippen molar-refractivity contribution in [2.24, 2.45) is 0 Å². The van der Waals surface area contributed by atoms with Gasteiger partial charge < -0.3 is 14.2 Å². The van der Waals surface area contributed by atoms with Gasteiger partial charge in [0.25, 0.3) is 0 Å². The van der Waals surface area contributed by atoms with Crippen molar-refractivity contribution in [2.45, 2.75) is 31.9 Å². The maximum atomic E-state index is 12.5. The van der Waals surface area contributed by atoms with Gasteiger partial charge in [0.15, 0.2) is 0 Å². The van der Waals surface area contributed by atoms with Crippen molar-refractivity contribution in [1.29, 1.82) is 0 Å². The maximum Gasteiger partial charge on any atom is 0.356 e. The Balaban J connectivity index is 1.74. The minimum Gasteiger partial charge on any atom is -0.456 e. The smallest absolute Gasteiger partial charge is 0.356 e. The molecule has 0 N–H and O–H groups in total. The number of likely N-dealkylation sites (N-methyl/N-ethyl adjacent to an activating group) is 1. The van der Waals surface area contributed by atoms with Crippen molar-refractivity contribution in [3.05, 3.63) is 54.1 Å². The molecule has 3 rings (SSSR count). The molecule has 0 bridgehead atoms. The largest absolute Gasteiger partial charge is 0.456 e. The number of piperidine rings is 1. The van der Waals surface area contributed by atoms with Gasteiger partial charge >= 0.3 is 5.97 Å². The Hall–Kier alpha value is -2.14. The van der Waals surface area contributed by atoms with E-state index in [0.717, 1.165) is 31.5 Å². The topological polar surface area (TPSA) is 47.4 Å². The zero-order valence-corrected chi connectivity index (χ0v) is 13.7. The highest BCUT2D eigenvalue weighted by molar-refractivity contribution is 5.87. The van der Waals surface area contributed by atoms with Gasteiger partial charge in [0.2, 0.25) is 0 Å². The molecule has 0 radical (unpaired) electrons. The summed E-state index contributed by atoms with van der Waals surface area (Å²) in [6.07, 6.45) is 5.25. The molecule has 1 saturated heterocycles. The fourth-order valence-corrected chi connectivity index (χ4v) is 3.09. The first-order valence-corrected chi connectivity index (χ1v) is 8.11. The summed E-state index contributed by atoms with van der Waals surface area (Å²) in [6.45, 7) is 3.92. The number of nitrogens with zero attached hydrogens (tertiary/aromatic N) is 3. The summed E-state index contributed by atoms with van der Waals surface area (Å²) < 4.78 is 7.57. The first-order chi connectivity index (χ1) is 11.1. The molecule has 1 fully saturated rings. The van der Waals surface area contributed by atoms with E-state index in [1.807, 2.05) is 22.8 Å². The average Bonchev–Trinajstić information content (AvgIpc) is 3.05. The maximum absolute atomic E-state index is 12.5. The van der Waals surface area contributed by atoms with E-state index in [4.69, 9.17) is 4.74 Å². The number of benzene rings is 1. The molecule has 23 heavy (non-hydrogen) atoms. The molecule has 2 heterocycles. The average molecular weight is 313 g/mol. The standard InChI is InChI=1S/C18H23N3O2/c1-14(15-7-4-3-5-8-15)21-13-19-11-17(21)18(22)23-16-9-6-10-20(2)12-16/h3-5,7-8,11,13-14,16H,6,9-10,12H2,1-2H3. The van der Waals surface area contributed by atoms with E-state index in [-0.39, 0.29) is 18.1 Å². The number of hydrogen-bond donors (Lipinski definition) is 0. The molecule has 1 aliphatic rings. The molecule has 1 aromatic carbocycles. The van der Waals surface area contributed by atoms with Crippen LogP contribution in [0.5, 0.6) is 0 Å². The van der Waals surface area contributed by atoms with Crippen LogP contribution in [0, 0.1) is 0 Å². The molecule has 0 spiro atoms. The summed E-state index contributed by atoms with van der Waals surface area (Å²) in [4.78, 5) is 18.9. The highest BCUT2D eigenvalue weighted by Crippen LogP contribution is 2.21. The van der Waals surface area contributed by atoms with E-state index in [9.17, 15) is 4.79 Å². The molecule has 0 saturated carbocycles. The minimum atomic E-state index is -0.286. The lowest BCUT2D eigenvalue weighted by molar-refractivity contribution is 0.00966.